The van der Waals surface area contributed by atoms with E-state index in [9.17, 15) is 5.11 Å². The third-order valence-corrected chi connectivity index (χ3v) is 4.43. The van der Waals surface area contributed by atoms with Crippen LogP contribution in [0.2, 0.25) is 0 Å². The summed E-state index contributed by atoms with van der Waals surface area (Å²) < 4.78 is 11.0. The van der Waals surface area contributed by atoms with Crippen LogP contribution in [0, 0.1) is 0 Å². The largest absolute Gasteiger partial charge is 0.386 e. The van der Waals surface area contributed by atoms with E-state index in [0.717, 1.165) is 63.6 Å². The third kappa shape index (κ3) is 8.71. The molecule has 1 aliphatic rings. The summed E-state index contributed by atoms with van der Waals surface area (Å²) in [4.78, 5) is 10.9. The van der Waals surface area contributed by atoms with Crippen LogP contribution in [-0.4, -0.2) is 73.6 Å². The Balaban J connectivity index is 0.00000364. The topological polar surface area (TPSA) is 79.2 Å². The number of hydrogen-bond acceptors (Lipinski definition) is 5. The van der Waals surface area contributed by atoms with Crippen LogP contribution in [0.3, 0.4) is 0 Å². The Morgan fingerprint density at radius 3 is 2.67 bits per heavy atom. The van der Waals surface area contributed by atoms with Crippen LogP contribution in [0.25, 0.3) is 0 Å². The zero-order chi connectivity index (χ0) is 18.6. The molecular formula is C19H33IN4O3. The molecule has 154 valence electrons. The summed E-state index contributed by atoms with van der Waals surface area (Å²) in [5.74, 6) is 0.860. The van der Waals surface area contributed by atoms with Crippen LogP contribution in [0.15, 0.2) is 29.5 Å². The van der Waals surface area contributed by atoms with E-state index in [4.69, 9.17) is 9.47 Å². The van der Waals surface area contributed by atoms with Gasteiger partial charge < -0.3 is 24.8 Å². The van der Waals surface area contributed by atoms with Crippen molar-refractivity contribution < 1.29 is 14.6 Å². The number of rotatable bonds is 9. The highest BCUT2D eigenvalue weighted by atomic mass is 127. The first-order chi connectivity index (χ1) is 12.7. The quantitative estimate of drug-likeness (QED) is 0.238. The third-order valence-electron chi connectivity index (χ3n) is 4.43. The van der Waals surface area contributed by atoms with Gasteiger partial charge in [-0.05, 0) is 43.9 Å². The molecule has 1 aromatic rings. The molecule has 0 bridgehead atoms. The molecule has 2 N–H and O–H groups in total. The molecule has 0 aliphatic carbocycles. The Morgan fingerprint density at radius 1 is 1.33 bits per heavy atom. The maximum absolute atomic E-state index is 10.3. The molecule has 27 heavy (non-hydrogen) atoms. The summed E-state index contributed by atoms with van der Waals surface area (Å²) in [5.41, 5.74) is 0.836. The molecule has 7 nitrogen and oxygen atoms in total. The second-order valence-electron chi connectivity index (χ2n) is 6.39. The van der Waals surface area contributed by atoms with Gasteiger partial charge in [0, 0.05) is 52.4 Å². The highest BCUT2D eigenvalue weighted by Gasteiger charge is 2.22. The molecule has 0 aromatic carbocycles. The average molecular weight is 492 g/mol. The van der Waals surface area contributed by atoms with E-state index in [0.29, 0.717) is 12.6 Å². The van der Waals surface area contributed by atoms with Gasteiger partial charge >= 0.3 is 0 Å². The van der Waals surface area contributed by atoms with Crippen molar-refractivity contribution in [2.45, 2.75) is 38.4 Å². The van der Waals surface area contributed by atoms with Gasteiger partial charge in [0.15, 0.2) is 5.96 Å². The second kappa shape index (κ2) is 14.1. The minimum Gasteiger partial charge on any atom is -0.386 e. The van der Waals surface area contributed by atoms with E-state index in [1.54, 1.807) is 19.5 Å². The van der Waals surface area contributed by atoms with E-state index in [1.807, 2.05) is 12.1 Å². The molecule has 1 fully saturated rings. The predicted octanol–water partition coefficient (Wildman–Crippen LogP) is 2.22. The van der Waals surface area contributed by atoms with Crippen LogP contribution in [0.5, 0.6) is 0 Å². The highest BCUT2D eigenvalue weighted by Crippen LogP contribution is 2.15. The first kappa shape index (κ1) is 24.1. The minimum atomic E-state index is -0.617. The van der Waals surface area contributed by atoms with Crippen molar-refractivity contribution >= 4 is 29.9 Å². The molecule has 1 saturated heterocycles. The summed E-state index contributed by atoms with van der Waals surface area (Å²) in [6, 6.07) is 3.64. The van der Waals surface area contributed by atoms with Crippen molar-refractivity contribution in [1.82, 2.24) is 15.2 Å². The van der Waals surface area contributed by atoms with Crippen LogP contribution in [0.4, 0.5) is 0 Å². The van der Waals surface area contributed by atoms with Gasteiger partial charge in [-0.15, -0.1) is 24.0 Å². The molecule has 1 aromatic heterocycles. The number of methoxy groups -OCH3 is 1. The average Bonchev–Trinajstić information content (AvgIpc) is 2.69. The Kier molecular flexibility index (Phi) is 12.6. The number of nitrogens with zero attached hydrogens (tertiary/aromatic N) is 3. The van der Waals surface area contributed by atoms with E-state index in [-0.39, 0.29) is 24.0 Å². The Hall–Kier alpha value is -0.970. The summed E-state index contributed by atoms with van der Waals surface area (Å²) in [6.45, 7) is 6.51. The van der Waals surface area contributed by atoms with Gasteiger partial charge in [-0.3, -0.25) is 9.98 Å². The predicted molar refractivity (Wildman–Crippen MR) is 118 cm³/mol. The van der Waals surface area contributed by atoms with E-state index >= 15 is 0 Å². The van der Waals surface area contributed by atoms with Crippen molar-refractivity contribution in [2.75, 3.05) is 46.5 Å². The lowest BCUT2D eigenvalue weighted by atomic mass is 10.1. The van der Waals surface area contributed by atoms with Gasteiger partial charge in [-0.1, -0.05) is 0 Å². The number of aromatic nitrogens is 1. The summed E-state index contributed by atoms with van der Waals surface area (Å²) in [5, 5.41) is 13.6. The second-order valence-corrected chi connectivity index (χ2v) is 6.39. The molecule has 8 heteroatoms. The number of piperidine rings is 1. The van der Waals surface area contributed by atoms with Crippen molar-refractivity contribution in [1.29, 1.82) is 0 Å². The van der Waals surface area contributed by atoms with Crippen molar-refractivity contribution in [3.8, 4) is 0 Å². The van der Waals surface area contributed by atoms with Gasteiger partial charge in [-0.25, -0.2) is 0 Å². The molecule has 2 heterocycles. The van der Waals surface area contributed by atoms with E-state index in [1.165, 1.54) is 0 Å². The number of guanidine groups is 1. The zero-order valence-electron chi connectivity index (χ0n) is 16.3. The molecule has 0 spiro atoms. The standard InChI is InChI=1S/C19H32N4O3.HI/c1-3-21-19(22-15-18(24)16-5-9-20-10-6-16)23-11-7-17(8-12-23)26-14-4-13-25-2;/h5-6,9-10,17-18,24H,3-4,7-8,11-15H2,1-2H3,(H,21,22);1H. The van der Waals surface area contributed by atoms with Crippen LogP contribution in [-0.2, 0) is 9.47 Å². The number of aliphatic hydroxyl groups excluding tert-OH is 1. The van der Waals surface area contributed by atoms with Gasteiger partial charge in [0.25, 0.3) is 0 Å². The number of ether oxygens (including phenoxy) is 2. The number of pyridine rings is 1. The van der Waals surface area contributed by atoms with E-state index < -0.39 is 6.10 Å². The molecule has 1 unspecified atom stereocenters. The van der Waals surface area contributed by atoms with Gasteiger partial charge in [0.05, 0.1) is 18.8 Å². The fourth-order valence-electron chi connectivity index (χ4n) is 2.98. The Bertz CT molecular complexity index is 525. The number of aliphatic imine (C=N–C) groups is 1. The number of likely N-dealkylation sites (tertiary alicyclic amines) is 1. The van der Waals surface area contributed by atoms with Crippen molar-refractivity contribution in [3.63, 3.8) is 0 Å². The summed E-state index contributed by atoms with van der Waals surface area (Å²) >= 11 is 0. The van der Waals surface area contributed by atoms with Crippen molar-refractivity contribution in [3.05, 3.63) is 30.1 Å². The monoisotopic (exact) mass is 492 g/mol. The van der Waals surface area contributed by atoms with Gasteiger partial charge in [0.2, 0.25) is 0 Å². The normalized spacial score (nSPS) is 16.7. The van der Waals surface area contributed by atoms with Gasteiger partial charge in [-0.2, -0.15) is 0 Å². The lowest BCUT2D eigenvalue weighted by Gasteiger charge is -2.34. The molecule has 0 amide bonds. The molecule has 2 rings (SSSR count). The van der Waals surface area contributed by atoms with Crippen molar-refractivity contribution in [2.24, 2.45) is 4.99 Å². The summed E-state index contributed by atoms with van der Waals surface area (Å²) in [6.07, 6.45) is 5.99. The first-order valence-electron chi connectivity index (χ1n) is 9.46. The SMILES string of the molecule is CCNC(=NCC(O)c1ccncc1)N1CCC(OCCCOC)CC1.I. The van der Waals surface area contributed by atoms with Crippen LogP contribution in [0.1, 0.15) is 37.9 Å². The minimum absolute atomic E-state index is 0. The first-order valence-corrected chi connectivity index (χ1v) is 9.46. The molecule has 1 aliphatic heterocycles. The molecule has 0 saturated carbocycles. The number of halogens is 1. The lowest BCUT2D eigenvalue weighted by Crippen LogP contribution is -2.47. The Labute approximate surface area is 179 Å². The Morgan fingerprint density at radius 2 is 2.04 bits per heavy atom. The van der Waals surface area contributed by atoms with Crippen LogP contribution < -0.4 is 5.32 Å². The maximum atomic E-state index is 10.3. The zero-order valence-corrected chi connectivity index (χ0v) is 18.7. The number of hydrogen-bond donors (Lipinski definition) is 2. The molecule has 1 atom stereocenters. The van der Waals surface area contributed by atoms with Gasteiger partial charge in [0.1, 0.15) is 0 Å². The fraction of sp³-hybridized carbons (Fsp3) is 0.684. The fourth-order valence-corrected chi connectivity index (χ4v) is 2.98. The molecular weight excluding hydrogens is 459 g/mol. The van der Waals surface area contributed by atoms with E-state index in [2.05, 4.69) is 27.1 Å². The van der Waals surface area contributed by atoms with Crippen LogP contribution >= 0.6 is 24.0 Å². The number of nitrogens with one attached hydrogen (secondary N) is 1. The lowest BCUT2D eigenvalue weighted by molar-refractivity contribution is 0.00986. The highest BCUT2D eigenvalue weighted by molar-refractivity contribution is 14.0. The number of aliphatic hydroxyl groups is 1. The molecule has 0 radical (unpaired) electrons. The summed E-state index contributed by atoms with van der Waals surface area (Å²) in [7, 11) is 1.71. The maximum Gasteiger partial charge on any atom is 0.194 e. The smallest absolute Gasteiger partial charge is 0.194 e.